The van der Waals surface area contributed by atoms with Gasteiger partial charge in [-0.05, 0) is 46.3 Å². The second-order valence-electron chi connectivity index (χ2n) is 7.82. The van der Waals surface area contributed by atoms with Crippen LogP contribution in [0.1, 0.15) is 16.7 Å². The normalized spacial score (nSPS) is 14.9. The molecule has 1 fully saturated rings. The van der Waals surface area contributed by atoms with Crippen molar-refractivity contribution in [3.05, 3.63) is 118 Å². The molecule has 0 spiro atoms. The van der Waals surface area contributed by atoms with E-state index >= 15 is 0 Å². The van der Waals surface area contributed by atoms with Crippen LogP contribution in [0.5, 0.6) is 5.75 Å². The van der Waals surface area contributed by atoms with Crippen molar-refractivity contribution < 1.29 is 18.7 Å². The molecule has 4 aromatic carbocycles. The number of fused-ring (bicyclic) bond motifs is 1. The Morgan fingerprint density at radius 3 is 2.41 bits per heavy atom. The standard InChI is InChI=1S/C28H20FNO3S/c29-24-14-5-2-10-22(24)18-33-25-15-6-3-9-20(25)16-26-27(31)30(28(32)34-26)17-21-12-7-11-19-8-1-4-13-23(19)21/h1-16H,17-18H2/b26-16-. The Bertz CT molecular complexity index is 1430. The molecule has 1 aliphatic rings. The largest absolute Gasteiger partial charge is 0.488 e. The Labute approximate surface area is 200 Å². The number of imide groups is 1. The lowest BCUT2D eigenvalue weighted by molar-refractivity contribution is -0.123. The maximum atomic E-state index is 14.0. The number of carbonyl (C=O) groups excluding carboxylic acids is 2. The fourth-order valence-electron chi connectivity index (χ4n) is 3.88. The number of thioether (sulfide) groups is 1. The van der Waals surface area contributed by atoms with Crippen molar-refractivity contribution in [3.8, 4) is 5.75 Å². The fourth-order valence-corrected chi connectivity index (χ4v) is 4.71. The summed E-state index contributed by atoms with van der Waals surface area (Å²) in [5, 5.41) is 1.76. The SMILES string of the molecule is O=C1S/C(=C\c2ccccc2OCc2ccccc2F)C(=O)N1Cc1cccc2ccccc12. The van der Waals surface area contributed by atoms with Gasteiger partial charge in [0.25, 0.3) is 11.1 Å². The summed E-state index contributed by atoms with van der Waals surface area (Å²) in [6.07, 6.45) is 1.66. The molecule has 1 aliphatic heterocycles. The highest BCUT2D eigenvalue weighted by atomic mass is 32.2. The van der Waals surface area contributed by atoms with Crippen LogP contribution < -0.4 is 4.74 Å². The number of nitrogens with zero attached hydrogens (tertiary/aromatic N) is 1. The number of halogens is 1. The molecule has 4 nitrogen and oxygen atoms in total. The number of benzene rings is 4. The molecular formula is C28H20FNO3S. The highest BCUT2D eigenvalue weighted by Crippen LogP contribution is 2.35. The molecule has 34 heavy (non-hydrogen) atoms. The Morgan fingerprint density at radius 2 is 1.53 bits per heavy atom. The van der Waals surface area contributed by atoms with Crippen molar-refractivity contribution in [3.63, 3.8) is 0 Å². The molecule has 6 heteroatoms. The van der Waals surface area contributed by atoms with Gasteiger partial charge in [0.15, 0.2) is 0 Å². The minimum absolute atomic E-state index is 0.0556. The predicted octanol–water partition coefficient (Wildman–Crippen LogP) is 6.79. The van der Waals surface area contributed by atoms with E-state index in [2.05, 4.69) is 0 Å². The van der Waals surface area contributed by atoms with Gasteiger partial charge in [0.05, 0.1) is 11.4 Å². The molecular weight excluding hydrogens is 449 g/mol. The second kappa shape index (κ2) is 9.53. The van der Waals surface area contributed by atoms with Gasteiger partial charge in [0.2, 0.25) is 0 Å². The maximum Gasteiger partial charge on any atom is 0.293 e. The van der Waals surface area contributed by atoms with Crippen molar-refractivity contribution in [2.75, 3.05) is 0 Å². The Kier molecular flexibility index (Phi) is 6.14. The van der Waals surface area contributed by atoms with Crippen LogP contribution in [0.15, 0.2) is 95.9 Å². The van der Waals surface area contributed by atoms with Crippen LogP contribution in [0.2, 0.25) is 0 Å². The average Bonchev–Trinajstić information content (AvgIpc) is 3.12. The summed E-state index contributed by atoms with van der Waals surface area (Å²) in [5.41, 5.74) is 2.00. The van der Waals surface area contributed by atoms with Crippen molar-refractivity contribution in [1.29, 1.82) is 0 Å². The molecule has 0 radical (unpaired) electrons. The van der Waals surface area contributed by atoms with Gasteiger partial charge in [0.1, 0.15) is 18.2 Å². The van der Waals surface area contributed by atoms with E-state index in [1.807, 2.05) is 48.5 Å². The number of rotatable bonds is 6. The van der Waals surface area contributed by atoms with Crippen LogP contribution in [0.3, 0.4) is 0 Å². The average molecular weight is 470 g/mol. The molecule has 1 heterocycles. The van der Waals surface area contributed by atoms with E-state index in [-0.39, 0.29) is 30.1 Å². The number of hydrogen-bond donors (Lipinski definition) is 0. The molecule has 1 saturated heterocycles. The third-order valence-corrected chi connectivity index (χ3v) is 6.54. The highest BCUT2D eigenvalue weighted by Gasteiger charge is 2.35. The summed E-state index contributed by atoms with van der Waals surface area (Å²) >= 11 is 0.910. The summed E-state index contributed by atoms with van der Waals surface area (Å²) in [5.74, 6) is -0.173. The summed E-state index contributed by atoms with van der Waals surface area (Å²) in [6, 6.07) is 27.4. The van der Waals surface area contributed by atoms with Crippen LogP contribution in [-0.4, -0.2) is 16.0 Å². The monoisotopic (exact) mass is 469 g/mol. The van der Waals surface area contributed by atoms with Gasteiger partial charge in [-0.1, -0.05) is 78.9 Å². The molecule has 0 saturated carbocycles. The summed E-state index contributed by atoms with van der Waals surface area (Å²) < 4.78 is 19.8. The lowest BCUT2D eigenvalue weighted by Crippen LogP contribution is -2.27. The maximum absolute atomic E-state index is 14.0. The van der Waals surface area contributed by atoms with Gasteiger partial charge in [-0.25, -0.2) is 4.39 Å². The van der Waals surface area contributed by atoms with E-state index in [0.717, 1.165) is 28.1 Å². The van der Waals surface area contributed by atoms with E-state index < -0.39 is 0 Å². The first-order chi connectivity index (χ1) is 16.6. The van der Waals surface area contributed by atoms with Gasteiger partial charge in [-0.15, -0.1) is 0 Å². The third-order valence-electron chi connectivity index (χ3n) is 5.63. The minimum Gasteiger partial charge on any atom is -0.488 e. The summed E-state index contributed by atoms with van der Waals surface area (Å²) in [6.45, 7) is 0.259. The van der Waals surface area contributed by atoms with Crippen molar-refractivity contribution >= 4 is 39.8 Å². The topological polar surface area (TPSA) is 46.6 Å². The zero-order chi connectivity index (χ0) is 23.5. The van der Waals surface area contributed by atoms with Crippen LogP contribution >= 0.6 is 11.8 Å². The summed E-state index contributed by atoms with van der Waals surface area (Å²) in [4.78, 5) is 27.4. The number of hydrogen-bond acceptors (Lipinski definition) is 4. The molecule has 5 rings (SSSR count). The quantitative estimate of drug-likeness (QED) is 0.292. The van der Waals surface area contributed by atoms with Crippen LogP contribution in [-0.2, 0) is 17.9 Å². The number of amides is 2. The molecule has 0 aliphatic carbocycles. The molecule has 0 atom stereocenters. The van der Waals surface area contributed by atoms with Gasteiger partial charge < -0.3 is 4.74 Å². The number of para-hydroxylation sites is 1. The number of carbonyl (C=O) groups is 2. The number of ether oxygens (including phenoxy) is 1. The van der Waals surface area contributed by atoms with Gasteiger partial charge >= 0.3 is 0 Å². The Hall–Kier alpha value is -3.90. The zero-order valence-electron chi connectivity index (χ0n) is 18.1. The molecule has 168 valence electrons. The minimum atomic E-state index is -0.341. The first kappa shape index (κ1) is 21.9. The van der Waals surface area contributed by atoms with Crippen molar-refractivity contribution in [2.45, 2.75) is 13.2 Å². The van der Waals surface area contributed by atoms with Crippen molar-refractivity contribution in [2.24, 2.45) is 0 Å². The lowest BCUT2D eigenvalue weighted by Gasteiger charge is -2.14. The van der Waals surface area contributed by atoms with E-state index in [9.17, 15) is 14.0 Å². The van der Waals surface area contributed by atoms with Crippen LogP contribution in [0, 0.1) is 5.82 Å². The lowest BCUT2D eigenvalue weighted by atomic mass is 10.0. The third kappa shape index (κ3) is 4.45. The first-order valence-corrected chi connectivity index (χ1v) is 11.6. The van der Waals surface area contributed by atoms with E-state index in [1.54, 1.807) is 42.5 Å². The predicted molar refractivity (Wildman–Crippen MR) is 133 cm³/mol. The second-order valence-corrected chi connectivity index (χ2v) is 8.82. The van der Waals surface area contributed by atoms with Crippen LogP contribution in [0.4, 0.5) is 9.18 Å². The van der Waals surface area contributed by atoms with Gasteiger partial charge in [0, 0.05) is 11.1 Å². The zero-order valence-corrected chi connectivity index (χ0v) is 18.9. The molecule has 0 bridgehead atoms. The molecule has 0 aromatic heterocycles. The molecule has 4 aromatic rings. The summed E-state index contributed by atoms with van der Waals surface area (Å²) in [7, 11) is 0. The molecule has 2 amide bonds. The Morgan fingerprint density at radius 1 is 0.824 bits per heavy atom. The highest BCUT2D eigenvalue weighted by molar-refractivity contribution is 8.18. The van der Waals surface area contributed by atoms with E-state index in [1.165, 1.54) is 11.0 Å². The molecule has 0 unspecified atom stereocenters. The van der Waals surface area contributed by atoms with E-state index in [4.69, 9.17) is 4.74 Å². The van der Waals surface area contributed by atoms with E-state index in [0.29, 0.717) is 21.8 Å². The Balaban J connectivity index is 1.37. The van der Waals surface area contributed by atoms with Gasteiger partial charge in [-0.2, -0.15) is 0 Å². The first-order valence-electron chi connectivity index (χ1n) is 10.8. The molecule has 0 N–H and O–H groups in total. The smallest absolute Gasteiger partial charge is 0.293 e. The van der Waals surface area contributed by atoms with Gasteiger partial charge in [-0.3, -0.25) is 14.5 Å². The van der Waals surface area contributed by atoms with Crippen molar-refractivity contribution in [1.82, 2.24) is 4.90 Å². The van der Waals surface area contributed by atoms with Crippen LogP contribution in [0.25, 0.3) is 16.8 Å². The fraction of sp³-hybridized carbons (Fsp3) is 0.0714.